The van der Waals surface area contributed by atoms with Crippen molar-refractivity contribution in [3.8, 4) is 5.75 Å². The molecule has 12 heteroatoms. The first-order chi connectivity index (χ1) is 21.6. The maximum Gasteiger partial charge on any atom is 0.325 e. The molecule has 0 saturated carbocycles. The van der Waals surface area contributed by atoms with Gasteiger partial charge in [-0.15, -0.1) is 12.4 Å². The average Bonchev–Trinajstić information content (AvgIpc) is 3.02. The minimum Gasteiger partial charge on any atom is -0.426 e. The minimum atomic E-state index is -0.790. The Kier molecular flexibility index (Phi) is 20.8. The minimum absolute atomic E-state index is 0. The van der Waals surface area contributed by atoms with Gasteiger partial charge in [0.05, 0.1) is 25.8 Å². The van der Waals surface area contributed by atoms with Crippen molar-refractivity contribution < 1.29 is 33.4 Å². The lowest BCUT2D eigenvalue weighted by Crippen LogP contribution is -2.45. The maximum absolute atomic E-state index is 13.7. The summed E-state index contributed by atoms with van der Waals surface area (Å²) >= 11 is 0. The van der Waals surface area contributed by atoms with Gasteiger partial charge in [0, 0.05) is 44.8 Å². The summed E-state index contributed by atoms with van der Waals surface area (Å²) in [7, 11) is 0. The van der Waals surface area contributed by atoms with E-state index in [1.807, 2.05) is 18.7 Å². The van der Waals surface area contributed by atoms with Crippen LogP contribution in [0.25, 0.3) is 0 Å². The summed E-state index contributed by atoms with van der Waals surface area (Å²) < 4.78 is 10.8. The molecule has 1 aliphatic rings. The molecule has 1 aromatic rings. The van der Waals surface area contributed by atoms with Crippen molar-refractivity contribution in [3.05, 3.63) is 29.8 Å². The van der Waals surface area contributed by atoms with E-state index >= 15 is 0 Å². The number of unbranched alkanes of at least 4 members (excludes halogenated alkanes) is 4. The molecule has 0 unspecified atom stereocenters. The zero-order chi connectivity index (χ0) is 33.0. The summed E-state index contributed by atoms with van der Waals surface area (Å²) in [5.74, 6) is -1.39. The number of amides is 3. The van der Waals surface area contributed by atoms with Gasteiger partial charge in [0.15, 0.2) is 5.78 Å². The van der Waals surface area contributed by atoms with E-state index in [9.17, 15) is 24.0 Å². The summed E-state index contributed by atoms with van der Waals surface area (Å²) in [5, 5.41) is 5.89. The summed E-state index contributed by atoms with van der Waals surface area (Å²) in [5.41, 5.74) is 5.99. The number of rotatable bonds is 22. The topological polar surface area (TPSA) is 157 Å². The van der Waals surface area contributed by atoms with Gasteiger partial charge in [-0.1, -0.05) is 58.6 Å². The summed E-state index contributed by atoms with van der Waals surface area (Å²) in [6, 6.07) is 6.17. The molecule has 3 atom stereocenters. The average molecular weight is 667 g/mol. The Morgan fingerprint density at radius 2 is 1.63 bits per heavy atom. The van der Waals surface area contributed by atoms with Crippen LogP contribution in [0.4, 0.5) is 0 Å². The molecular formula is C34H55ClN4O7. The van der Waals surface area contributed by atoms with Gasteiger partial charge < -0.3 is 25.8 Å². The third-order valence-electron chi connectivity index (χ3n) is 8.27. The highest BCUT2D eigenvalue weighted by Crippen LogP contribution is 2.22. The molecule has 1 fully saturated rings. The smallest absolute Gasteiger partial charge is 0.325 e. The number of ketones is 1. The Bertz CT molecular complexity index is 1080. The van der Waals surface area contributed by atoms with Gasteiger partial charge in [0.1, 0.15) is 5.75 Å². The van der Waals surface area contributed by atoms with E-state index < -0.39 is 12.0 Å². The van der Waals surface area contributed by atoms with E-state index in [1.54, 1.807) is 24.3 Å². The number of halogens is 1. The van der Waals surface area contributed by atoms with Crippen LogP contribution in [0.3, 0.4) is 0 Å². The van der Waals surface area contributed by atoms with Crippen molar-refractivity contribution >= 4 is 41.9 Å². The molecule has 0 spiro atoms. The molecule has 1 aliphatic heterocycles. The number of carbonyl (C=O) groups is 5. The molecule has 1 heterocycles. The molecule has 3 amide bonds. The predicted molar refractivity (Wildman–Crippen MR) is 180 cm³/mol. The number of esters is 1. The molecule has 1 aromatic carbocycles. The molecule has 0 bridgehead atoms. The Labute approximate surface area is 280 Å². The quantitative estimate of drug-likeness (QED) is 0.0960. The van der Waals surface area contributed by atoms with Crippen molar-refractivity contribution in [2.24, 2.45) is 17.6 Å². The van der Waals surface area contributed by atoms with Crippen molar-refractivity contribution in [2.75, 3.05) is 39.4 Å². The molecule has 11 nitrogen and oxygen atoms in total. The molecule has 46 heavy (non-hydrogen) atoms. The largest absolute Gasteiger partial charge is 0.426 e. The van der Waals surface area contributed by atoms with Gasteiger partial charge in [-0.2, -0.15) is 0 Å². The number of primary amides is 1. The molecule has 0 radical (unpaired) electrons. The number of ether oxygens (including phenoxy) is 2. The number of morpholine rings is 1. The van der Waals surface area contributed by atoms with Crippen LogP contribution in [-0.2, 0) is 35.1 Å². The Balaban J connectivity index is 0.0000106. The number of carbonyl (C=O) groups excluding carboxylic acids is 5. The third-order valence-corrected chi connectivity index (χ3v) is 8.27. The maximum atomic E-state index is 13.7. The van der Waals surface area contributed by atoms with Crippen LogP contribution in [0.5, 0.6) is 5.75 Å². The van der Waals surface area contributed by atoms with Crippen LogP contribution in [-0.4, -0.2) is 79.8 Å². The first-order valence-electron chi connectivity index (χ1n) is 16.6. The highest BCUT2D eigenvalue weighted by Gasteiger charge is 2.30. The van der Waals surface area contributed by atoms with E-state index in [-0.39, 0.29) is 67.2 Å². The lowest BCUT2D eigenvalue weighted by atomic mass is 9.84. The highest BCUT2D eigenvalue weighted by atomic mass is 35.5. The molecular weight excluding hydrogens is 612 g/mol. The van der Waals surface area contributed by atoms with Crippen LogP contribution in [0, 0.1) is 11.8 Å². The zero-order valence-electron chi connectivity index (χ0n) is 27.9. The normalized spacial score (nSPS) is 15.1. The molecule has 4 N–H and O–H groups in total. The Hall–Kier alpha value is -3.02. The zero-order valence-corrected chi connectivity index (χ0v) is 28.7. The van der Waals surface area contributed by atoms with Crippen molar-refractivity contribution in [1.82, 2.24) is 15.5 Å². The standard InChI is InChI=1S/C34H54N4O7.ClH/c1-4-6-8-12-32(41)37-29(22-26-13-15-27(16-14-26)45-33(42)24-38-18-20-44-21-19-38)30(39)23-28(25(3)5-2)34(43)36-17-10-7-9-11-31(35)40;/h13-16,25,28-29H,4-12,17-24H2,1-3H3,(H2,35,40)(H,36,43)(H,37,41);1H/t25-,28-,29-;/m0./s1. The highest BCUT2D eigenvalue weighted by molar-refractivity contribution is 5.92. The molecule has 0 aromatic heterocycles. The Morgan fingerprint density at radius 1 is 0.957 bits per heavy atom. The molecule has 260 valence electrons. The van der Waals surface area contributed by atoms with Crippen LogP contribution in [0.1, 0.15) is 90.5 Å². The van der Waals surface area contributed by atoms with Crippen LogP contribution in [0.2, 0.25) is 0 Å². The first-order valence-corrected chi connectivity index (χ1v) is 16.6. The van der Waals surface area contributed by atoms with E-state index in [2.05, 4.69) is 17.6 Å². The summed E-state index contributed by atoms with van der Waals surface area (Å²) in [4.78, 5) is 65.0. The molecule has 0 aliphatic carbocycles. The monoisotopic (exact) mass is 666 g/mol. The van der Waals surface area contributed by atoms with E-state index in [4.69, 9.17) is 15.2 Å². The summed E-state index contributed by atoms with van der Waals surface area (Å²) in [6.07, 6.45) is 6.47. The van der Waals surface area contributed by atoms with Gasteiger partial charge >= 0.3 is 5.97 Å². The van der Waals surface area contributed by atoms with Gasteiger partial charge in [-0.25, -0.2) is 0 Å². The van der Waals surface area contributed by atoms with Gasteiger partial charge in [0.25, 0.3) is 0 Å². The lowest BCUT2D eigenvalue weighted by Gasteiger charge is -2.25. The fraction of sp³-hybridized carbons (Fsp3) is 0.676. The van der Waals surface area contributed by atoms with Crippen LogP contribution < -0.4 is 21.1 Å². The number of nitrogens with zero attached hydrogens (tertiary/aromatic N) is 1. The predicted octanol–water partition coefficient (Wildman–Crippen LogP) is 3.74. The van der Waals surface area contributed by atoms with Crippen LogP contribution >= 0.6 is 12.4 Å². The van der Waals surface area contributed by atoms with Crippen LogP contribution in [0.15, 0.2) is 24.3 Å². The fourth-order valence-corrected chi connectivity index (χ4v) is 5.22. The SMILES string of the molecule is CCCCCC(=O)N[C@@H](Cc1ccc(OC(=O)CN2CCOCC2)cc1)C(=O)C[C@H](C(=O)NCCCCCC(N)=O)[C@@H](C)CC.Cl. The Morgan fingerprint density at radius 3 is 2.26 bits per heavy atom. The van der Waals surface area contributed by atoms with Gasteiger partial charge in [-0.05, 0) is 49.3 Å². The number of nitrogens with two attached hydrogens (primary N) is 1. The second-order valence-electron chi connectivity index (χ2n) is 12.0. The first kappa shape index (κ1) is 41.0. The third kappa shape index (κ3) is 16.5. The number of nitrogens with one attached hydrogen (secondary N) is 2. The fourth-order valence-electron chi connectivity index (χ4n) is 5.22. The lowest BCUT2D eigenvalue weighted by molar-refractivity contribution is -0.136. The number of hydrogen-bond acceptors (Lipinski definition) is 8. The molecule has 2 rings (SSSR count). The van der Waals surface area contributed by atoms with Gasteiger partial charge in [0.2, 0.25) is 17.7 Å². The second kappa shape index (κ2) is 23.3. The number of benzene rings is 1. The van der Waals surface area contributed by atoms with Crippen molar-refractivity contribution in [2.45, 2.75) is 97.4 Å². The van der Waals surface area contributed by atoms with Gasteiger partial charge in [-0.3, -0.25) is 28.9 Å². The van der Waals surface area contributed by atoms with Crippen molar-refractivity contribution in [3.63, 3.8) is 0 Å². The number of hydrogen-bond donors (Lipinski definition) is 3. The number of Topliss-reactive ketones (excluding diaryl/α,β-unsaturated/α-hetero) is 1. The van der Waals surface area contributed by atoms with E-state index in [0.29, 0.717) is 57.9 Å². The second-order valence-corrected chi connectivity index (χ2v) is 12.0. The van der Waals surface area contributed by atoms with E-state index in [0.717, 1.165) is 44.1 Å². The van der Waals surface area contributed by atoms with E-state index in [1.165, 1.54) is 0 Å². The molecule has 1 saturated heterocycles. The van der Waals surface area contributed by atoms with Crippen molar-refractivity contribution in [1.29, 1.82) is 0 Å². The summed E-state index contributed by atoms with van der Waals surface area (Å²) in [6.45, 7) is 9.22.